The van der Waals surface area contributed by atoms with Gasteiger partial charge in [0.05, 0.1) is 11.3 Å². The quantitative estimate of drug-likeness (QED) is 0.542. The Morgan fingerprint density at radius 3 is 2.32 bits per heavy atom. The average Bonchev–Trinajstić information content (AvgIpc) is 2.80. The van der Waals surface area contributed by atoms with Gasteiger partial charge in [0.2, 0.25) is 5.43 Å². The second kappa shape index (κ2) is 9.38. The van der Waals surface area contributed by atoms with Crippen LogP contribution in [0.2, 0.25) is 0 Å². The van der Waals surface area contributed by atoms with Crippen molar-refractivity contribution in [3.05, 3.63) is 93.2 Å². The summed E-state index contributed by atoms with van der Waals surface area (Å²) in [6, 6.07) is 12.4. The molecule has 6 nitrogen and oxygen atoms in total. The monoisotopic (exact) mass is 474 g/mol. The van der Waals surface area contributed by atoms with Crippen LogP contribution in [-0.2, 0) is 12.7 Å². The molecule has 0 saturated carbocycles. The van der Waals surface area contributed by atoms with Crippen molar-refractivity contribution in [1.29, 1.82) is 0 Å². The highest BCUT2D eigenvalue weighted by molar-refractivity contribution is 5.92. The molecule has 0 unspecified atom stereocenters. The summed E-state index contributed by atoms with van der Waals surface area (Å²) in [5.41, 5.74) is -1.56. The lowest BCUT2D eigenvalue weighted by Crippen LogP contribution is -2.49. The lowest BCUT2D eigenvalue weighted by molar-refractivity contribution is -0.137. The predicted octanol–water partition coefficient (Wildman–Crippen LogP) is 3.66. The van der Waals surface area contributed by atoms with Gasteiger partial charge in [0.15, 0.2) is 5.69 Å². The molecule has 0 aliphatic carbocycles. The van der Waals surface area contributed by atoms with Gasteiger partial charge in [0.25, 0.3) is 5.91 Å². The van der Waals surface area contributed by atoms with Gasteiger partial charge in [-0.2, -0.15) is 18.3 Å². The molecule has 2 heterocycles. The molecule has 178 valence electrons. The molecule has 0 N–H and O–H groups in total. The molecule has 1 amide bonds. The van der Waals surface area contributed by atoms with Gasteiger partial charge in [-0.3, -0.25) is 14.5 Å². The number of carbonyl (C=O) groups excluding carboxylic acids is 1. The number of piperazine rings is 1. The van der Waals surface area contributed by atoms with Crippen molar-refractivity contribution in [3.8, 4) is 5.69 Å². The van der Waals surface area contributed by atoms with Crippen molar-refractivity contribution in [2.75, 3.05) is 26.2 Å². The summed E-state index contributed by atoms with van der Waals surface area (Å²) >= 11 is 0. The third-order valence-electron chi connectivity index (χ3n) is 5.76. The van der Waals surface area contributed by atoms with Gasteiger partial charge in [-0.15, -0.1) is 0 Å². The zero-order valence-electron chi connectivity index (χ0n) is 18.3. The molecule has 0 spiro atoms. The van der Waals surface area contributed by atoms with Gasteiger partial charge >= 0.3 is 6.18 Å². The molecule has 0 radical (unpaired) electrons. The van der Waals surface area contributed by atoms with E-state index in [0.29, 0.717) is 25.2 Å². The van der Waals surface area contributed by atoms with Gasteiger partial charge in [-0.05, 0) is 25.1 Å². The number of aromatic nitrogens is 2. The van der Waals surface area contributed by atoms with Crippen molar-refractivity contribution in [2.24, 2.45) is 0 Å². The van der Waals surface area contributed by atoms with E-state index in [1.807, 2.05) is 4.90 Å². The first kappa shape index (κ1) is 23.6. The molecule has 2 aromatic carbocycles. The number of nitrogens with zero attached hydrogens (tertiary/aromatic N) is 4. The van der Waals surface area contributed by atoms with E-state index in [1.165, 1.54) is 36.1 Å². The second-order valence-electron chi connectivity index (χ2n) is 8.09. The maximum Gasteiger partial charge on any atom is 0.418 e. The highest BCUT2D eigenvalue weighted by Gasteiger charge is 2.34. The minimum absolute atomic E-state index is 0.174. The molecule has 1 aliphatic heterocycles. The fourth-order valence-corrected chi connectivity index (χ4v) is 3.96. The van der Waals surface area contributed by atoms with Gasteiger partial charge in [-0.1, -0.05) is 30.3 Å². The maximum atomic E-state index is 13.9. The van der Waals surface area contributed by atoms with Crippen LogP contribution in [0, 0.1) is 12.7 Å². The standard InChI is InChI=1S/C24H22F4N4O2/c1-16-14-21(33)22(29-32(16)20-9-5-3-7-18(20)24(26,27)28)23(34)31-12-10-30(11-13-31)15-17-6-2-4-8-19(17)25/h2-9,14H,10-13,15H2,1H3. The average molecular weight is 474 g/mol. The number of amides is 1. The molecule has 0 bridgehead atoms. The zero-order valence-corrected chi connectivity index (χ0v) is 18.3. The Balaban J connectivity index is 1.55. The summed E-state index contributed by atoms with van der Waals surface area (Å²) in [5.74, 6) is -0.946. The fraction of sp³-hybridized carbons (Fsp3) is 0.292. The molecular formula is C24H22F4N4O2. The van der Waals surface area contributed by atoms with E-state index in [2.05, 4.69) is 5.10 Å². The number of alkyl halides is 3. The molecule has 1 fully saturated rings. The summed E-state index contributed by atoms with van der Waals surface area (Å²) in [7, 11) is 0. The van der Waals surface area contributed by atoms with Crippen molar-refractivity contribution in [2.45, 2.75) is 19.6 Å². The number of carbonyl (C=O) groups is 1. The normalized spacial score (nSPS) is 14.9. The number of para-hydroxylation sites is 1. The largest absolute Gasteiger partial charge is 0.418 e. The second-order valence-corrected chi connectivity index (χ2v) is 8.09. The first-order chi connectivity index (χ1) is 16.1. The number of hydrogen-bond acceptors (Lipinski definition) is 4. The highest BCUT2D eigenvalue weighted by atomic mass is 19.4. The summed E-state index contributed by atoms with van der Waals surface area (Å²) in [5, 5.41) is 4.04. The summed E-state index contributed by atoms with van der Waals surface area (Å²) in [6.45, 7) is 3.31. The van der Waals surface area contributed by atoms with E-state index in [4.69, 9.17) is 0 Å². The van der Waals surface area contributed by atoms with Crippen LogP contribution in [0.1, 0.15) is 27.3 Å². The van der Waals surface area contributed by atoms with E-state index < -0.39 is 28.8 Å². The Hall–Kier alpha value is -3.53. The van der Waals surface area contributed by atoms with Crippen LogP contribution in [0.5, 0.6) is 0 Å². The fourth-order valence-electron chi connectivity index (χ4n) is 3.96. The Morgan fingerprint density at radius 2 is 1.65 bits per heavy atom. The topological polar surface area (TPSA) is 58.4 Å². The third kappa shape index (κ3) is 4.86. The summed E-state index contributed by atoms with van der Waals surface area (Å²) in [4.78, 5) is 29.0. The predicted molar refractivity (Wildman–Crippen MR) is 117 cm³/mol. The van der Waals surface area contributed by atoms with E-state index in [1.54, 1.807) is 18.2 Å². The molecule has 3 aromatic rings. The van der Waals surface area contributed by atoms with Crippen LogP contribution in [0.15, 0.2) is 59.4 Å². The SMILES string of the molecule is Cc1cc(=O)c(C(=O)N2CCN(Cc3ccccc3F)CC2)nn1-c1ccccc1C(F)(F)F. The molecule has 4 rings (SSSR count). The van der Waals surface area contributed by atoms with Gasteiger partial charge in [0.1, 0.15) is 5.82 Å². The smallest absolute Gasteiger partial charge is 0.335 e. The van der Waals surface area contributed by atoms with Crippen molar-refractivity contribution in [1.82, 2.24) is 19.6 Å². The van der Waals surface area contributed by atoms with Gasteiger partial charge in [-0.25, -0.2) is 9.07 Å². The first-order valence-corrected chi connectivity index (χ1v) is 10.7. The Kier molecular flexibility index (Phi) is 6.52. The van der Waals surface area contributed by atoms with E-state index in [0.717, 1.165) is 16.8 Å². The maximum absolute atomic E-state index is 13.9. The Morgan fingerprint density at radius 1 is 1.00 bits per heavy atom. The van der Waals surface area contributed by atoms with Crippen molar-refractivity contribution < 1.29 is 22.4 Å². The molecular weight excluding hydrogens is 452 g/mol. The number of hydrogen-bond donors (Lipinski definition) is 0. The molecule has 34 heavy (non-hydrogen) atoms. The third-order valence-corrected chi connectivity index (χ3v) is 5.76. The van der Waals surface area contributed by atoms with Crippen LogP contribution < -0.4 is 5.43 Å². The zero-order chi connectivity index (χ0) is 24.5. The molecule has 0 atom stereocenters. The van der Waals surface area contributed by atoms with E-state index >= 15 is 0 Å². The van der Waals surface area contributed by atoms with Crippen molar-refractivity contribution in [3.63, 3.8) is 0 Å². The van der Waals surface area contributed by atoms with Crippen LogP contribution in [0.3, 0.4) is 0 Å². The number of rotatable bonds is 4. The number of halogens is 4. The van der Waals surface area contributed by atoms with Crippen LogP contribution >= 0.6 is 0 Å². The van der Waals surface area contributed by atoms with E-state index in [9.17, 15) is 27.2 Å². The van der Waals surface area contributed by atoms with E-state index in [-0.39, 0.29) is 30.3 Å². The lowest BCUT2D eigenvalue weighted by Gasteiger charge is -2.34. The van der Waals surface area contributed by atoms with Crippen LogP contribution in [-0.4, -0.2) is 51.7 Å². The van der Waals surface area contributed by atoms with Crippen LogP contribution in [0.25, 0.3) is 5.69 Å². The molecule has 10 heteroatoms. The Labute approximate surface area is 193 Å². The lowest BCUT2D eigenvalue weighted by atomic mass is 10.1. The first-order valence-electron chi connectivity index (χ1n) is 10.7. The Bertz CT molecular complexity index is 1260. The van der Waals surface area contributed by atoms with Gasteiger partial charge in [0, 0.05) is 50.0 Å². The number of benzene rings is 2. The summed E-state index contributed by atoms with van der Waals surface area (Å²) < 4.78 is 55.4. The minimum atomic E-state index is -4.63. The highest BCUT2D eigenvalue weighted by Crippen LogP contribution is 2.33. The molecule has 1 aromatic heterocycles. The minimum Gasteiger partial charge on any atom is -0.335 e. The molecule has 1 saturated heterocycles. The van der Waals surface area contributed by atoms with Gasteiger partial charge < -0.3 is 4.90 Å². The van der Waals surface area contributed by atoms with Crippen molar-refractivity contribution >= 4 is 5.91 Å². The molecule has 1 aliphatic rings. The number of aryl methyl sites for hydroxylation is 1. The van der Waals surface area contributed by atoms with Crippen LogP contribution in [0.4, 0.5) is 17.6 Å². The summed E-state index contributed by atoms with van der Waals surface area (Å²) in [6.07, 6.45) is -4.63.